The van der Waals surface area contributed by atoms with Crippen LogP contribution in [0.5, 0.6) is 0 Å². The van der Waals surface area contributed by atoms with Gasteiger partial charge in [-0.1, -0.05) is 18.2 Å². The van der Waals surface area contributed by atoms with Crippen molar-refractivity contribution in [2.45, 2.75) is 12.3 Å². The lowest BCUT2D eigenvalue weighted by atomic mass is 10.1. The molecule has 5 heteroatoms. The molecule has 3 rings (SSSR count). The minimum atomic E-state index is -0.276. The van der Waals surface area contributed by atoms with Gasteiger partial charge < -0.3 is 10.6 Å². The molecule has 0 heterocycles. The average molecular weight is 312 g/mol. The number of halogens is 1. The first-order valence-electron chi connectivity index (χ1n) is 7.47. The van der Waals surface area contributed by atoms with Gasteiger partial charge in [0.05, 0.1) is 0 Å². The molecule has 0 unspecified atom stereocenters. The Hall–Kier alpha value is -2.69. The van der Waals surface area contributed by atoms with Gasteiger partial charge in [-0.25, -0.2) is 4.39 Å². The van der Waals surface area contributed by atoms with Crippen molar-refractivity contribution >= 4 is 17.5 Å². The molecule has 0 saturated heterocycles. The minimum absolute atomic E-state index is 0.0756. The van der Waals surface area contributed by atoms with Crippen LogP contribution < -0.4 is 10.6 Å². The Bertz CT molecular complexity index is 743. The van der Waals surface area contributed by atoms with Crippen LogP contribution in [0.25, 0.3) is 0 Å². The van der Waals surface area contributed by atoms with Gasteiger partial charge in [0.1, 0.15) is 5.82 Å². The molecule has 2 amide bonds. The van der Waals surface area contributed by atoms with Crippen LogP contribution in [0, 0.1) is 11.7 Å². The maximum atomic E-state index is 12.9. The third kappa shape index (κ3) is 3.39. The summed E-state index contributed by atoms with van der Waals surface area (Å²) in [6.07, 6.45) is 0.757. The predicted molar refractivity (Wildman–Crippen MR) is 85.7 cm³/mol. The third-order valence-corrected chi connectivity index (χ3v) is 4.04. The fourth-order valence-electron chi connectivity index (χ4n) is 2.68. The molecule has 1 aliphatic rings. The smallest absolute Gasteiger partial charge is 0.251 e. The molecule has 1 fully saturated rings. The summed E-state index contributed by atoms with van der Waals surface area (Å²) in [6.45, 7) is 0. The van der Waals surface area contributed by atoms with Crippen molar-refractivity contribution in [2.75, 3.05) is 12.4 Å². The van der Waals surface area contributed by atoms with E-state index in [1.54, 1.807) is 43.4 Å². The van der Waals surface area contributed by atoms with E-state index >= 15 is 0 Å². The molecule has 0 radical (unpaired) electrons. The quantitative estimate of drug-likeness (QED) is 0.912. The standard InChI is InChI=1S/C18H17FN2O2/c1-20-17(22)12-3-2-4-14(9-12)21-18(23)16-10-15(16)11-5-7-13(19)8-6-11/h2-9,15-16H,10H2,1H3,(H,20,22)(H,21,23)/t15-,16+/m0/s1. The fraction of sp³-hybridized carbons (Fsp3) is 0.222. The van der Waals surface area contributed by atoms with Crippen molar-refractivity contribution < 1.29 is 14.0 Å². The van der Waals surface area contributed by atoms with Crippen LogP contribution in [0.2, 0.25) is 0 Å². The van der Waals surface area contributed by atoms with Crippen LogP contribution >= 0.6 is 0 Å². The fourth-order valence-corrected chi connectivity index (χ4v) is 2.68. The van der Waals surface area contributed by atoms with Crippen LogP contribution in [0.15, 0.2) is 48.5 Å². The van der Waals surface area contributed by atoms with Gasteiger partial charge in [-0.3, -0.25) is 9.59 Å². The highest BCUT2D eigenvalue weighted by Crippen LogP contribution is 2.47. The van der Waals surface area contributed by atoms with Crippen molar-refractivity contribution in [3.05, 3.63) is 65.5 Å². The Labute approximate surface area is 133 Å². The summed E-state index contributed by atoms with van der Waals surface area (Å²) in [7, 11) is 1.56. The number of carbonyl (C=O) groups excluding carboxylic acids is 2. The number of rotatable bonds is 4. The highest BCUT2D eigenvalue weighted by Gasteiger charge is 2.43. The number of nitrogens with one attached hydrogen (secondary N) is 2. The summed E-state index contributed by atoms with van der Waals surface area (Å²) in [5, 5.41) is 5.39. The average Bonchev–Trinajstić information content (AvgIpc) is 3.36. The predicted octanol–water partition coefficient (Wildman–Crippen LogP) is 2.93. The molecule has 1 saturated carbocycles. The Morgan fingerprint density at radius 2 is 1.87 bits per heavy atom. The molecule has 0 bridgehead atoms. The second-order valence-corrected chi connectivity index (χ2v) is 5.65. The van der Waals surface area contributed by atoms with Crippen LogP contribution in [-0.2, 0) is 4.79 Å². The number of hydrogen-bond donors (Lipinski definition) is 2. The molecule has 1 aliphatic carbocycles. The van der Waals surface area contributed by atoms with E-state index in [-0.39, 0.29) is 29.5 Å². The van der Waals surface area contributed by atoms with E-state index in [0.29, 0.717) is 11.3 Å². The summed E-state index contributed by atoms with van der Waals surface area (Å²) in [4.78, 5) is 23.9. The largest absolute Gasteiger partial charge is 0.355 e. The second kappa shape index (κ2) is 6.20. The Kier molecular flexibility index (Phi) is 4.10. The van der Waals surface area contributed by atoms with Gasteiger partial charge in [0.15, 0.2) is 0 Å². The molecule has 0 spiro atoms. The molecule has 2 atom stereocenters. The zero-order valence-electron chi connectivity index (χ0n) is 12.7. The van der Waals surface area contributed by atoms with E-state index in [0.717, 1.165) is 12.0 Å². The number of anilines is 1. The monoisotopic (exact) mass is 312 g/mol. The maximum absolute atomic E-state index is 12.9. The molecule has 2 aromatic rings. The zero-order chi connectivity index (χ0) is 16.4. The lowest BCUT2D eigenvalue weighted by molar-refractivity contribution is -0.117. The van der Waals surface area contributed by atoms with Gasteiger partial charge in [-0.15, -0.1) is 0 Å². The second-order valence-electron chi connectivity index (χ2n) is 5.65. The number of benzene rings is 2. The molecular formula is C18H17FN2O2. The van der Waals surface area contributed by atoms with E-state index in [1.807, 2.05) is 0 Å². The summed E-state index contributed by atoms with van der Waals surface area (Å²) in [5.74, 6) is -0.520. The molecule has 118 valence electrons. The molecule has 0 aliphatic heterocycles. The number of amides is 2. The number of carbonyl (C=O) groups is 2. The third-order valence-electron chi connectivity index (χ3n) is 4.04. The van der Waals surface area contributed by atoms with E-state index in [1.165, 1.54) is 12.1 Å². The first-order chi connectivity index (χ1) is 11.1. The molecule has 23 heavy (non-hydrogen) atoms. The van der Waals surface area contributed by atoms with E-state index in [4.69, 9.17) is 0 Å². The lowest BCUT2D eigenvalue weighted by Gasteiger charge is -2.07. The Morgan fingerprint density at radius 1 is 1.13 bits per heavy atom. The summed E-state index contributed by atoms with van der Waals surface area (Å²) >= 11 is 0. The Balaban J connectivity index is 1.64. The van der Waals surface area contributed by atoms with E-state index < -0.39 is 0 Å². The van der Waals surface area contributed by atoms with Crippen LogP contribution in [-0.4, -0.2) is 18.9 Å². The van der Waals surface area contributed by atoms with Crippen molar-refractivity contribution in [3.8, 4) is 0 Å². The maximum Gasteiger partial charge on any atom is 0.251 e. The van der Waals surface area contributed by atoms with Gasteiger partial charge in [0, 0.05) is 24.2 Å². The van der Waals surface area contributed by atoms with Gasteiger partial charge in [-0.05, 0) is 48.2 Å². The first-order valence-corrected chi connectivity index (χ1v) is 7.47. The van der Waals surface area contributed by atoms with Crippen LogP contribution in [0.3, 0.4) is 0 Å². The minimum Gasteiger partial charge on any atom is -0.355 e. The summed E-state index contributed by atoms with van der Waals surface area (Å²) in [5.41, 5.74) is 2.07. The van der Waals surface area contributed by atoms with Gasteiger partial charge in [0.2, 0.25) is 5.91 Å². The molecular weight excluding hydrogens is 295 g/mol. The van der Waals surface area contributed by atoms with E-state index in [9.17, 15) is 14.0 Å². The van der Waals surface area contributed by atoms with Crippen molar-refractivity contribution in [3.63, 3.8) is 0 Å². The highest BCUT2D eigenvalue weighted by molar-refractivity contribution is 5.98. The lowest BCUT2D eigenvalue weighted by Crippen LogP contribution is -2.19. The first kappa shape index (κ1) is 15.2. The molecule has 2 aromatic carbocycles. The number of hydrogen-bond acceptors (Lipinski definition) is 2. The molecule has 4 nitrogen and oxygen atoms in total. The van der Waals surface area contributed by atoms with Crippen molar-refractivity contribution in [1.29, 1.82) is 0 Å². The van der Waals surface area contributed by atoms with Gasteiger partial charge >= 0.3 is 0 Å². The molecule has 0 aromatic heterocycles. The molecule has 2 N–H and O–H groups in total. The highest BCUT2D eigenvalue weighted by atomic mass is 19.1. The van der Waals surface area contributed by atoms with E-state index in [2.05, 4.69) is 10.6 Å². The van der Waals surface area contributed by atoms with Gasteiger partial charge in [0.25, 0.3) is 5.91 Å². The normalized spacial score (nSPS) is 19.0. The Morgan fingerprint density at radius 3 is 2.57 bits per heavy atom. The van der Waals surface area contributed by atoms with Crippen LogP contribution in [0.4, 0.5) is 10.1 Å². The summed E-state index contributed by atoms with van der Waals surface area (Å²) in [6, 6.07) is 13.1. The summed E-state index contributed by atoms with van der Waals surface area (Å²) < 4.78 is 12.9. The SMILES string of the molecule is CNC(=O)c1cccc(NC(=O)[C@@H]2C[C@H]2c2ccc(F)cc2)c1. The van der Waals surface area contributed by atoms with Gasteiger partial charge in [-0.2, -0.15) is 0 Å². The zero-order valence-corrected chi connectivity index (χ0v) is 12.7. The van der Waals surface area contributed by atoms with Crippen molar-refractivity contribution in [2.24, 2.45) is 5.92 Å². The van der Waals surface area contributed by atoms with Crippen LogP contribution in [0.1, 0.15) is 28.3 Å². The van der Waals surface area contributed by atoms with Crippen molar-refractivity contribution in [1.82, 2.24) is 5.32 Å². The topological polar surface area (TPSA) is 58.2 Å².